The fourth-order valence-corrected chi connectivity index (χ4v) is 1.74. The van der Waals surface area contributed by atoms with Gasteiger partial charge in [-0.2, -0.15) is 0 Å². The van der Waals surface area contributed by atoms with Crippen LogP contribution in [0.1, 0.15) is 25.8 Å². The summed E-state index contributed by atoms with van der Waals surface area (Å²) in [6, 6.07) is 5.39. The second-order valence-electron chi connectivity index (χ2n) is 4.93. The summed E-state index contributed by atoms with van der Waals surface area (Å²) in [6.07, 6.45) is 0.499. The molecule has 5 nitrogen and oxygen atoms in total. The Hall–Kier alpha value is -2.04. The first kappa shape index (κ1) is 15.0. The molecule has 0 aromatic heterocycles. The van der Waals surface area contributed by atoms with Crippen molar-refractivity contribution in [3.63, 3.8) is 0 Å². The van der Waals surface area contributed by atoms with E-state index in [1.165, 1.54) is 12.1 Å². The molecule has 0 spiro atoms. The second kappa shape index (κ2) is 6.78. The Morgan fingerprint density at radius 1 is 1.21 bits per heavy atom. The summed E-state index contributed by atoms with van der Waals surface area (Å²) < 4.78 is 0. The van der Waals surface area contributed by atoms with Crippen molar-refractivity contribution in [3.05, 3.63) is 29.8 Å². The molecule has 0 unspecified atom stereocenters. The molecule has 0 fully saturated rings. The maximum Gasteiger partial charge on any atom is 0.326 e. The van der Waals surface area contributed by atoms with Crippen molar-refractivity contribution in [2.75, 3.05) is 0 Å². The van der Waals surface area contributed by atoms with Gasteiger partial charge in [0, 0.05) is 0 Å². The third kappa shape index (κ3) is 5.42. The lowest BCUT2D eigenvalue weighted by Crippen LogP contribution is -2.42. The lowest BCUT2D eigenvalue weighted by atomic mass is 10.0. The van der Waals surface area contributed by atoms with Crippen LogP contribution in [0.3, 0.4) is 0 Å². The van der Waals surface area contributed by atoms with Gasteiger partial charge in [-0.15, -0.1) is 0 Å². The average molecular weight is 265 g/mol. The number of phenols is 1. The monoisotopic (exact) mass is 265 g/mol. The smallest absolute Gasteiger partial charge is 0.326 e. The molecular weight excluding hydrogens is 246 g/mol. The number of aliphatic carboxylic acids is 1. The first-order chi connectivity index (χ1) is 8.88. The number of amides is 1. The number of phenolic OH excluding ortho intramolecular Hbond substituents is 1. The standard InChI is InChI=1S/C14H19NO4/c1-9(2)7-12(14(18)19)15-13(17)8-10-3-5-11(16)6-4-10/h3-6,9,12,16H,7-8H2,1-2H3,(H,15,17)(H,18,19)/t12-/m1/s1. The van der Waals surface area contributed by atoms with Crippen LogP contribution in [0, 0.1) is 5.92 Å². The van der Waals surface area contributed by atoms with E-state index in [0.29, 0.717) is 6.42 Å². The van der Waals surface area contributed by atoms with Crippen molar-refractivity contribution in [1.29, 1.82) is 0 Å². The fourth-order valence-electron chi connectivity index (χ4n) is 1.74. The molecule has 104 valence electrons. The normalized spacial score (nSPS) is 12.2. The van der Waals surface area contributed by atoms with E-state index in [1.54, 1.807) is 12.1 Å². The zero-order valence-corrected chi connectivity index (χ0v) is 11.1. The fraction of sp³-hybridized carbons (Fsp3) is 0.429. The average Bonchev–Trinajstić information content (AvgIpc) is 2.30. The number of carbonyl (C=O) groups is 2. The van der Waals surface area contributed by atoms with E-state index < -0.39 is 12.0 Å². The number of carboxylic acids is 1. The van der Waals surface area contributed by atoms with Gasteiger partial charge in [0.1, 0.15) is 11.8 Å². The highest BCUT2D eigenvalue weighted by molar-refractivity contribution is 5.84. The zero-order chi connectivity index (χ0) is 14.4. The Bertz CT molecular complexity index is 439. The van der Waals surface area contributed by atoms with Crippen molar-refractivity contribution in [2.24, 2.45) is 5.92 Å². The first-order valence-electron chi connectivity index (χ1n) is 6.18. The van der Waals surface area contributed by atoms with Crippen molar-refractivity contribution in [2.45, 2.75) is 32.7 Å². The molecule has 0 bridgehead atoms. The Labute approximate surface area is 112 Å². The zero-order valence-electron chi connectivity index (χ0n) is 11.1. The minimum Gasteiger partial charge on any atom is -0.508 e. The molecule has 1 rings (SSSR count). The highest BCUT2D eigenvalue weighted by Gasteiger charge is 2.20. The molecule has 19 heavy (non-hydrogen) atoms. The molecule has 0 aliphatic carbocycles. The van der Waals surface area contributed by atoms with Crippen LogP contribution in [-0.4, -0.2) is 28.1 Å². The van der Waals surface area contributed by atoms with Crippen LogP contribution < -0.4 is 5.32 Å². The van der Waals surface area contributed by atoms with Crippen molar-refractivity contribution < 1.29 is 19.8 Å². The molecule has 3 N–H and O–H groups in total. The van der Waals surface area contributed by atoms with E-state index in [1.807, 2.05) is 13.8 Å². The van der Waals surface area contributed by atoms with Crippen LogP contribution in [0.15, 0.2) is 24.3 Å². The van der Waals surface area contributed by atoms with Gasteiger partial charge >= 0.3 is 5.97 Å². The Balaban J connectivity index is 2.57. The van der Waals surface area contributed by atoms with E-state index in [-0.39, 0.29) is 24.0 Å². The molecule has 5 heteroatoms. The molecule has 1 aromatic carbocycles. The minimum absolute atomic E-state index is 0.0994. The molecular formula is C14H19NO4. The van der Waals surface area contributed by atoms with Crippen molar-refractivity contribution >= 4 is 11.9 Å². The van der Waals surface area contributed by atoms with E-state index in [4.69, 9.17) is 10.2 Å². The third-order valence-corrected chi connectivity index (χ3v) is 2.64. The predicted molar refractivity (Wildman–Crippen MR) is 70.8 cm³/mol. The summed E-state index contributed by atoms with van der Waals surface area (Å²) >= 11 is 0. The topological polar surface area (TPSA) is 86.6 Å². The highest BCUT2D eigenvalue weighted by Crippen LogP contribution is 2.10. The van der Waals surface area contributed by atoms with Crippen LogP contribution in [0.5, 0.6) is 5.75 Å². The summed E-state index contributed by atoms with van der Waals surface area (Å²) in [4.78, 5) is 22.8. The Morgan fingerprint density at radius 3 is 2.26 bits per heavy atom. The summed E-state index contributed by atoms with van der Waals surface area (Å²) in [5, 5.41) is 20.7. The number of rotatable bonds is 6. The van der Waals surface area contributed by atoms with Crippen LogP contribution in [0.2, 0.25) is 0 Å². The van der Waals surface area contributed by atoms with Crippen LogP contribution in [-0.2, 0) is 16.0 Å². The number of benzene rings is 1. The summed E-state index contributed by atoms with van der Waals surface area (Å²) in [5.74, 6) is -1.03. The van der Waals surface area contributed by atoms with Gasteiger partial charge in [-0.3, -0.25) is 4.79 Å². The summed E-state index contributed by atoms with van der Waals surface area (Å²) in [5.41, 5.74) is 0.726. The highest BCUT2D eigenvalue weighted by atomic mass is 16.4. The van der Waals surface area contributed by atoms with Crippen LogP contribution in [0.25, 0.3) is 0 Å². The number of hydrogen-bond donors (Lipinski definition) is 3. The van der Waals surface area contributed by atoms with E-state index >= 15 is 0 Å². The predicted octanol–water partition coefficient (Wildman–Crippen LogP) is 1.55. The van der Waals surface area contributed by atoms with E-state index in [2.05, 4.69) is 5.32 Å². The van der Waals surface area contributed by atoms with Crippen LogP contribution in [0.4, 0.5) is 0 Å². The van der Waals surface area contributed by atoms with E-state index in [9.17, 15) is 9.59 Å². The van der Waals surface area contributed by atoms with Gasteiger partial charge in [0.25, 0.3) is 0 Å². The summed E-state index contributed by atoms with van der Waals surface area (Å²) in [7, 11) is 0. The van der Waals surface area contributed by atoms with E-state index in [0.717, 1.165) is 5.56 Å². The SMILES string of the molecule is CC(C)C[C@@H](NC(=O)Cc1ccc(O)cc1)C(=O)O. The maximum atomic E-state index is 11.8. The lowest BCUT2D eigenvalue weighted by molar-refractivity contribution is -0.142. The lowest BCUT2D eigenvalue weighted by Gasteiger charge is -2.16. The van der Waals surface area contributed by atoms with Crippen molar-refractivity contribution in [1.82, 2.24) is 5.32 Å². The minimum atomic E-state index is -1.02. The molecule has 0 heterocycles. The molecule has 1 amide bonds. The largest absolute Gasteiger partial charge is 0.508 e. The quantitative estimate of drug-likeness (QED) is 0.728. The number of carbonyl (C=O) groups excluding carboxylic acids is 1. The maximum absolute atomic E-state index is 11.8. The molecule has 0 saturated heterocycles. The molecule has 0 aliphatic rings. The van der Waals surface area contributed by atoms with Crippen LogP contribution >= 0.6 is 0 Å². The van der Waals surface area contributed by atoms with Crippen molar-refractivity contribution in [3.8, 4) is 5.75 Å². The van der Waals surface area contributed by atoms with Gasteiger partial charge in [-0.1, -0.05) is 26.0 Å². The molecule has 1 atom stereocenters. The second-order valence-corrected chi connectivity index (χ2v) is 4.93. The van der Waals surface area contributed by atoms with Gasteiger partial charge < -0.3 is 15.5 Å². The number of carboxylic acid groups (broad SMARTS) is 1. The summed E-state index contributed by atoms with van der Waals surface area (Å²) in [6.45, 7) is 3.81. The first-order valence-corrected chi connectivity index (χ1v) is 6.18. The molecule has 0 radical (unpaired) electrons. The van der Waals surface area contributed by atoms with Gasteiger partial charge in [0.15, 0.2) is 0 Å². The van der Waals surface area contributed by atoms with Gasteiger partial charge in [-0.05, 0) is 30.0 Å². The molecule has 0 aliphatic heterocycles. The van der Waals surface area contributed by atoms with Gasteiger partial charge in [-0.25, -0.2) is 4.79 Å². The Morgan fingerprint density at radius 2 is 1.79 bits per heavy atom. The molecule has 1 aromatic rings. The number of aromatic hydroxyl groups is 1. The molecule has 0 saturated carbocycles. The number of nitrogens with one attached hydrogen (secondary N) is 1. The number of hydrogen-bond acceptors (Lipinski definition) is 3. The van der Waals surface area contributed by atoms with Gasteiger partial charge in [0.2, 0.25) is 5.91 Å². The Kier molecular flexibility index (Phi) is 5.36. The third-order valence-electron chi connectivity index (χ3n) is 2.64. The van der Waals surface area contributed by atoms with Gasteiger partial charge in [0.05, 0.1) is 6.42 Å².